The van der Waals surface area contributed by atoms with Gasteiger partial charge in [-0.15, -0.1) is 0 Å². The van der Waals surface area contributed by atoms with Gasteiger partial charge in [0.15, 0.2) is 0 Å². The summed E-state index contributed by atoms with van der Waals surface area (Å²) in [6.45, 7) is 1.88. The zero-order valence-corrected chi connectivity index (χ0v) is 9.14. The van der Waals surface area contributed by atoms with Crippen LogP contribution in [0.5, 0.6) is 11.5 Å². The maximum Gasteiger partial charge on any atom is 0.119 e. The summed E-state index contributed by atoms with van der Waals surface area (Å²) >= 11 is 0. The molecule has 0 heterocycles. The third-order valence-electron chi connectivity index (χ3n) is 2.79. The molecule has 0 aliphatic rings. The standard InChI is InChI=1S/C14H14O2/c1-10-11(6-4-8-13(10)15)9-12-5-2-3-7-14(12)16/h2-8,15-16H,9H2,1H3. The highest BCUT2D eigenvalue weighted by molar-refractivity contribution is 5.43. The zero-order valence-electron chi connectivity index (χ0n) is 9.14. The summed E-state index contributed by atoms with van der Waals surface area (Å²) in [6, 6.07) is 12.7. The summed E-state index contributed by atoms with van der Waals surface area (Å²) in [5.74, 6) is 0.596. The van der Waals surface area contributed by atoms with Crippen LogP contribution in [0.25, 0.3) is 0 Å². The van der Waals surface area contributed by atoms with Gasteiger partial charge < -0.3 is 10.2 Å². The second kappa shape index (κ2) is 4.27. The molecule has 2 heteroatoms. The molecule has 0 aliphatic carbocycles. The molecule has 2 rings (SSSR count). The first-order valence-electron chi connectivity index (χ1n) is 5.23. The van der Waals surface area contributed by atoms with Crippen LogP contribution >= 0.6 is 0 Å². The van der Waals surface area contributed by atoms with Gasteiger partial charge in [0.25, 0.3) is 0 Å². The summed E-state index contributed by atoms with van der Waals surface area (Å²) < 4.78 is 0. The van der Waals surface area contributed by atoms with Crippen molar-refractivity contribution in [2.75, 3.05) is 0 Å². The van der Waals surface area contributed by atoms with Gasteiger partial charge in [0.05, 0.1) is 0 Å². The molecule has 0 atom stereocenters. The smallest absolute Gasteiger partial charge is 0.119 e. The van der Waals surface area contributed by atoms with Crippen LogP contribution in [0.15, 0.2) is 42.5 Å². The quantitative estimate of drug-likeness (QED) is 0.806. The molecule has 2 aromatic carbocycles. The average Bonchev–Trinajstić information content (AvgIpc) is 2.28. The predicted molar refractivity (Wildman–Crippen MR) is 63.8 cm³/mol. The fraction of sp³-hybridized carbons (Fsp3) is 0.143. The lowest BCUT2D eigenvalue weighted by atomic mass is 9.99. The van der Waals surface area contributed by atoms with Crippen molar-refractivity contribution in [3.05, 3.63) is 59.2 Å². The summed E-state index contributed by atoms with van der Waals surface area (Å²) in [7, 11) is 0. The Morgan fingerprint density at radius 2 is 1.44 bits per heavy atom. The van der Waals surface area contributed by atoms with Crippen molar-refractivity contribution in [2.45, 2.75) is 13.3 Å². The number of phenolic OH excluding ortho intramolecular Hbond substituents is 2. The van der Waals surface area contributed by atoms with Crippen molar-refractivity contribution in [2.24, 2.45) is 0 Å². The maximum atomic E-state index is 9.67. The van der Waals surface area contributed by atoms with E-state index in [2.05, 4.69) is 0 Å². The Bertz CT molecular complexity index is 504. The number of aromatic hydroxyl groups is 2. The second-order valence-electron chi connectivity index (χ2n) is 3.87. The van der Waals surface area contributed by atoms with Crippen molar-refractivity contribution >= 4 is 0 Å². The van der Waals surface area contributed by atoms with E-state index >= 15 is 0 Å². The van der Waals surface area contributed by atoms with Gasteiger partial charge in [-0.05, 0) is 35.7 Å². The largest absolute Gasteiger partial charge is 0.508 e. The fourth-order valence-electron chi connectivity index (χ4n) is 1.73. The van der Waals surface area contributed by atoms with Gasteiger partial charge in [-0.25, -0.2) is 0 Å². The minimum Gasteiger partial charge on any atom is -0.508 e. The van der Waals surface area contributed by atoms with Crippen molar-refractivity contribution in [3.63, 3.8) is 0 Å². The van der Waals surface area contributed by atoms with Gasteiger partial charge in [-0.3, -0.25) is 0 Å². The summed E-state index contributed by atoms with van der Waals surface area (Å²) in [5, 5.41) is 19.3. The Hall–Kier alpha value is -1.96. The van der Waals surface area contributed by atoms with Crippen LogP contribution in [-0.2, 0) is 6.42 Å². The topological polar surface area (TPSA) is 40.5 Å². The van der Waals surface area contributed by atoms with E-state index in [4.69, 9.17) is 0 Å². The van der Waals surface area contributed by atoms with Gasteiger partial charge in [-0.2, -0.15) is 0 Å². The molecule has 0 fully saturated rings. The Morgan fingerprint density at radius 3 is 2.19 bits per heavy atom. The van der Waals surface area contributed by atoms with E-state index < -0.39 is 0 Å². The molecule has 2 aromatic rings. The lowest BCUT2D eigenvalue weighted by molar-refractivity contribution is 0.466. The van der Waals surface area contributed by atoms with Crippen LogP contribution < -0.4 is 0 Å². The van der Waals surface area contributed by atoms with E-state index in [1.807, 2.05) is 31.2 Å². The molecular weight excluding hydrogens is 200 g/mol. The van der Waals surface area contributed by atoms with Crippen molar-refractivity contribution in [3.8, 4) is 11.5 Å². The summed E-state index contributed by atoms with van der Waals surface area (Å²) in [6.07, 6.45) is 0.632. The zero-order chi connectivity index (χ0) is 11.5. The summed E-state index contributed by atoms with van der Waals surface area (Å²) in [4.78, 5) is 0. The van der Waals surface area contributed by atoms with E-state index in [-0.39, 0.29) is 0 Å². The highest BCUT2D eigenvalue weighted by atomic mass is 16.3. The molecule has 2 N–H and O–H groups in total. The third kappa shape index (κ3) is 2.01. The highest BCUT2D eigenvalue weighted by Crippen LogP contribution is 2.25. The molecule has 0 amide bonds. The fourth-order valence-corrected chi connectivity index (χ4v) is 1.73. The Balaban J connectivity index is 2.35. The molecule has 0 aliphatic heterocycles. The first-order chi connectivity index (χ1) is 7.68. The Kier molecular flexibility index (Phi) is 2.82. The number of para-hydroxylation sites is 1. The molecule has 0 saturated carbocycles. The lowest BCUT2D eigenvalue weighted by Gasteiger charge is -2.08. The van der Waals surface area contributed by atoms with E-state index in [0.29, 0.717) is 17.9 Å². The van der Waals surface area contributed by atoms with Crippen molar-refractivity contribution in [1.82, 2.24) is 0 Å². The number of rotatable bonds is 2. The van der Waals surface area contributed by atoms with Gasteiger partial charge in [-0.1, -0.05) is 30.3 Å². The van der Waals surface area contributed by atoms with Crippen LogP contribution in [0.4, 0.5) is 0 Å². The molecule has 0 unspecified atom stereocenters. The minimum absolute atomic E-state index is 0.297. The van der Waals surface area contributed by atoms with E-state index in [1.54, 1.807) is 18.2 Å². The second-order valence-corrected chi connectivity index (χ2v) is 3.87. The van der Waals surface area contributed by atoms with Crippen molar-refractivity contribution in [1.29, 1.82) is 0 Å². The van der Waals surface area contributed by atoms with Gasteiger partial charge >= 0.3 is 0 Å². The Labute approximate surface area is 94.8 Å². The molecule has 0 bridgehead atoms. The molecule has 16 heavy (non-hydrogen) atoms. The van der Waals surface area contributed by atoms with Crippen LogP contribution in [0.3, 0.4) is 0 Å². The Morgan fingerprint density at radius 1 is 0.812 bits per heavy atom. The minimum atomic E-state index is 0.297. The first kappa shape index (κ1) is 10.6. The summed E-state index contributed by atoms with van der Waals surface area (Å²) in [5.41, 5.74) is 2.77. The van der Waals surface area contributed by atoms with Crippen LogP contribution in [0.2, 0.25) is 0 Å². The number of hydrogen-bond acceptors (Lipinski definition) is 2. The van der Waals surface area contributed by atoms with Crippen LogP contribution in [0.1, 0.15) is 16.7 Å². The molecule has 82 valence electrons. The first-order valence-corrected chi connectivity index (χ1v) is 5.23. The predicted octanol–water partition coefficient (Wildman–Crippen LogP) is 3.00. The van der Waals surface area contributed by atoms with Crippen molar-refractivity contribution < 1.29 is 10.2 Å². The molecule has 0 saturated heterocycles. The molecule has 0 spiro atoms. The molecule has 0 aromatic heterocycles. The van der Waals surface area contributed by atoms with E-state index in [9.17, 15) is 10.2 Å². The normalized spacial score (nSPS) is 10.3. The van der Waals surface area contributed by atoms with Gasteiger partial charge in [0, 0.05) is 6.42 Å². The lowest BCUT2D eigenvalue weighted by Crippen LogP contribution is -1.92. The monoisotopic (exact) mass is 214 g/mol. The van der Waals surface area contributed by atoms with Crippen LogP contribution in [0, 0.1) is 6.92 Å². The van der Waals surface area contributed by atoms with E-state index in [0.717, 1.165) is 16.7 Å². The number of hydrogen-bond donors (Lipinski definition) is 2. The SMILES string of the molecule is Cc1c(O)cccc1Cc1ccccc1O. The van der Waals surface area contributed by atoms with Gasteiger partial charge in [0.1, 0.15) is 11.5 Å². The molecule has 2 nitrogen and oxygen atoms in total. The number of benzene rings is 2. The van der Waals surface area contributed by atoms with E-state index in [1.165, 1.54) is 0 Å². The molecule has 0 radical (unpaired) electrons. The number of phenols is 2. The average molecular weight is 214 g/mol. The van der Waals surface area contributed by atoms with Crippen LogP contribution in [-0.4, -0.2) is 10.2 Å². The third-order valence-corrected chi connectivity index (χ3v) is 2.79. The molecular formula is C14H14O2. The maximum absolute atomic E-state index is 9.67. The highest BCUT2D eigenvalue weighted by Gasteiger charge is 2.06. The van der Waals surface area contributed by atoms with Gasteiger partial charge in [0.2, 0.25) is 0 Å².